The summed E-state index contributed by atoms with van der Waals surface area (Å²) in [6, 6.07) is 8.04. The first-order chi connectivity index (χ1) is 10.1. The number of hydrogen-bond acceptors (Lipinski definition) is 2. The molecule has 2 fully saturated rings. The van der Waals surface area contributed by atoms with Crippen molar-refractivity contribution in [3.63, 3.8) is 0 Å². The van der Waals surface area contributed by atoms with Gasteiger partial charge >= 0.3 is 6.03 Å². The molecule has 21 heavy (non-hydrogen) atoms. The minimum absolute atomic E-state index is 0.0257. The van der Waals surface area contributed by atoms with Gasteiger partial charge in [0.15, 0.2) is 0 Å². The van der Waals surface area contributed by atoms with E-state index < -0.39 is 0 Å². The van der Waals surface area contributed by atoms with Crippen LogP contribution < -0.4 is 5.32 Å². The first-order valence-electron chi connectivity index (χ1n) is 7.97. The van der Waals surface area contributed by atoms with Crippen molar-refractivity contribution in [3.8, 4) is 0 Å². The zero-order chi connectivity index (χ0) is 14.8. The van der Waals surface area contributed by atoms with E-state index in [0.717, 1.165) is 49.9 Å². The Morgan fingerprint density at radius 3 is 2.86 bits per heavy atom. The van der Waals surface area contributed by atoms with Crippen molar-refractivity contribution < 1.29 is 9.90 Å². The second kappa shape index (κ2) is 6.06. The van der Waals surface area contributed by atoms with Crippen molar-refractivity contribution in [1.82, 2.24) is 4.90 Å². The lowest BCUT2D eigenvalue weighted by Gasteiger charge is -2.31. The lowest BCUT2D eigenvalue weighted by atomic mass is 9.94. The van der Waals surface area contributed by atoms with Gasteiger partial charge in [-0.1, -0.05) is 18.6 Å². The largest absolute Gasteiger partial charge is 0.393 e. The molecule has 0 radical (unpaired) electrons. The lowest BCUT2D eigenvalue weighted by molar-refractivity contribution is 0.0867. The van der Waals surface area contributed by atoms with E-state index in [4.69, 9.17) is 0 Å². The topological polar surface area (TPSA) is 52.6 Å². The average molecular weight is 288 g/mol. The van der Waals surface area contributed by atoms with E-state index in [1.54, 1.807) is 0 Å². The number of aliphatic hydroxyl groups excluding tert-OH is 1. The second-order valence-electron chi connectivity index (χ2n) is 6.36. The van der Waals surface area contributed by atoms with Gasteiger partial charge in [0.05, 0.1) is 6.10 Å². The third-order valence-corrected chi connectivity index (χ3v) is 4.86. The van der Waals surface area contributed by atoms with Crippen LogP contribution in [-0.2, 0) is 0 Å². The molecule has 114 valence electrons. The van der Waals surface area contributed by atoms with Crippen molar-refractivity contribution in [1.29, 1.82) is 0 Å². The first kappa shape index (κ1) is 14.4. The van der Waals surface area contributed by atoms with E-state index in [9.17, 15) is 9.90 Å². The number of likely N-dealkylation sites (tertiary alicyclic amines) is 1. The Kier molecular flexibility index (Phi) is 4.15. The van der Waals surface area contributed by atoms with Crippen LogP contribution in [0.5, 0.6) is 0 Å². The first-order valence-corrected chi connectivity index (χ1v) is 7.97. The quantitative estimate of drug-likeness (QED) is 0.878. The molecule has 3 rings (SSSR count). The molecule has 4 nitrogen and oxygen atoms in total. The van der Waals surface area contributed by atoms with Gasteiger partial charge in [0.2, 0.25) is 0 Å². The van der Waals surface area contributed by atoms with Gasteiger partial charge in [-0.05, 0) is 50.3 Å². The Morgan fingerprint density at radius 1 is 1.29 bits per heavy atom. The number of aryl methyl sites for hydroxylation is 1. The molecule has 1 aliphatic heterocycles. The minimum Gasteiger partial charge on any atom is -0.393 e. The molecule has 1 saturated carbocycles. The molecule has 2 N–H and O–H groups in total. The summed E-state index contributed by atoms with van der Waals surface area (Å²) in [6.07, 6.45) is 4.82. The zero-order valence-electron chi connectivity index (χ0n) is 12.6. The molecular weight excluding hydrogens is 264 g/mol. The molecule has 1 aromatic rings. The maximum atomic E-state index is 12.5. The summed E-state index contributed by atoms with van der Waals surface area (Å²) in [5.74, 6) is 0.260. The third-order valence-electron chi connectivity index (χ3n) is 4.86. The molecule has 0 spiro atoms. The fourth-order valence-electron chi connectivity index (χ4n) is 3.83. The highest BCUT2D eigenvalue weighted by Gasteiger charge is 2.40. The molecule has 3 atom stereocenters. The van der Waals surface area contributed by atoms with Gasteiger partial charge in [0.25, 0.3) is 0 Å². The molecule has 4 heteroatoms. The molecule has 2 amide bonds. The smallest absolute Gasteiger partial charge is 0.322 e. The fourth-order valence-corrected chi connectivity index (χ4v) is 3.83. The summed E-state index contributed by atoms with van der Waals surface area (Å²) in [4.78, 5) is 14.5. The van der Waals surface area contributed by atoms with Gasteiger partial charge in [-0.15, -0.1) is 0 Å². The van der Waals surface area contributed by atoms with Crippen LogP contribution >= 0.6 is 0 Å². The van der Waals surface area contributed by atoms with E-state index >= 15 is 0 Å². The number of aliphatic hydroxyl groups is 1. The molecule has 3 unspecified atom stereocenters. The lowest BCUT2D eigenvalue weighted by Crippen LogP contribution is -2.44. The maximum absolute atomic E-state index is 12.5. The number of hydrogen-bond donors (Lipinski definition) is 2. The second-order valence-corrected chi connectivity index (χ2v) is 6.36. The molecule has 1 saturated heterocycles. The van der Waals surface area contributed by atoms with Gasteiger partial charge in [0.1, 0.15) is 0 Å². The van der Waals surface area contributed by atoms with Gasteiger partial charge in [-0.2, -0.15) is 0 Å². The van der Waals surface area contributed by atoms with Crippen LogP contribution in [0.1, 0.15) is 37.7 Å². The third kappa shape index (κ3) is 3.05. The van der Waals surface area contributed by atoms with E-state index in [2.05, 4.69) is 5.32 Å². The number of carbonyl (C=O) groups is 1. The van der Waals surface area contributed by atoms with Crippen molar-refractivity contribution in [3.05, 3.63) is 29.8 Å². The van der Waals surface area contributed by atoms with E-state index in [-0.39, 0.29) is 24.1 Å². The van der Waals surface area contributed by atoms with Gasteiger partial charge in [0, 0.05) is 24.2 Å². The Morgan fingerprint density at radius 2 is 2.14 bits per heavy atom. The number of rotatable bonds is 2. The van der Waals surface area contributed by atoms with Crippen LogP contribution in [0.3, 0.4) is 0 Å². The van der Waals surface area contributed by atoms with E-state index in [1.807, 2.05) is 36.1 Å². The highest BCUT2D eigenvalue weighted by molar-refractivity contribution is 5.89. The predicted octanol–water partition coefficient (Wildman–Crippen LogP) is 3.15. The molecule has 0 bridgehead atoms. The summed E-state index contributed by atoms with van der Waals surface area (Å²) in [6.45, 7) is 2.81. The maximum Gasteiger partial charge on any atom is 0.322 e. The van der Waals surface area contributed by atoms with Gasteiger partial charge < -0.3 is 15.3 Å². The normalized spacial score (nSPS) is 28.9. The summed E-state index contributed by atoms with van der Waals surface area (Å²) >= 11 is 0. The SMILES string of the molecule is Cc1cccc(NC(=O)N2CCCC2C2CCCC2O)c1. The standard InChI is InChI=1S/C17H24N2O2/c1-12-5-2-6-13(11-12)18-17(21)19-10-4-8-15(19)14-7-3-9-16(14)20/h2,5-6,11,14-16,20H,3-4,7-10H2,1H3,(H,18,21). The number of nitrogens with zero attached hydrogens (tertiary/aromatic N) is 1. The molecular formula is C17H24N2O2. The number of benzene rings is 1. The van der Waals surface area contributed by atoms with Crippen LogP contribution in [-0.4, -0.2) is 34.7 Å². The Labute approximate surface area is 126 Å². The van der Waals surface area contributed by atoms with E-state index in [0.29, 0.717) is 0 Å². The summed E-state index contributed by atoms with van der Waals surface area (Å²) < 4.78 is 0. The van der Waals surface area contributed by atoms with Crippen LogP contribution in [0, 0.1) is 12.8 Å². The van der Waals surface area contributed by atoms with Crippen molar-refractivity contribution in [2.24, 2.45) is 5.92 Å². The summed E-state index contributed by atoms with van der Waals surface area (Å²) in [5.41, 5.74) is 1.98. The van der Waals surface area contributed by atoms with Crippen molar-refractivity contribution in [2.45, 2.75) is 51.2 Å². The Balaban J connectivity index is 1.68. The molecule has 1 heterocycles. The van der Waals surface area contributed by atoms with Crippen molar-refractivity contribution in [2.75, 3.05) is 11.9 Å². The van der Waals surface area contributed by atoms with E-state index in [1.165, 1.54) is 0 Å². The summed E-state index contributed by atoms with van der Waals surface area (Å²) in [5, 5.41) is 13.1. The molecule has 1 aliphatic carbocycles. The molecule has 2 aliphatic rings. The van der Waals surface area contributed by atoms with Crippen LogP contribution in [0.25, 0.3) is 0 Å². The average Bonchev–Trinajstić information content (AvgIpc) is 3.06. The summed E-state index contributed by atoms with van der Waals surface area (Å²) in [7, 11) is 0. The number of nitrogens with one attached hydrogen (secondary N) is 1. The predicted molar refractivity (Wildman–Crippen MR) is 83.3 cm³/mol. The highest BCUT2D eigenvalue weighted by atomic mass is 16.3. The van der Waals surface area contributed by atoms with Crippen molar-refractivity contribution >= 4 is 11.7 Å². The van der Waals surface area contributed by atoms with Crippen LogP contribution in [0.4, 0.5) is 10.5 Å². The van der Waals surface area contributed by atoms with Crippen LogP contribution in [0.2, 0.25) is 0 Å². The highest BCUT2D eigenvalue weighted by Crippen LogP contribution is 2.36. The van der Waals surface area contributed by atoms with Gasteiger partial charge in [-0.3, -0.25) is 0 Å². The number of amides is 2. The molecule has 1 aromatic carbocycles. The monoisotopic (exact) mass is 288 g/mol. The van der Waals surface area contributed by atoms with Gasteiger partial charge in [-0.25, -0.2) is 4.79 Å². The zero-order valence-corrected chi connectivity index (χ0v) is 12.6. The number of urea groups is 1. The number of carbonyl (C=O) groups excluding carboxylic acids is 1. The number of anilines is 1. The Bertz CT molecular complexity index is 517. The van der Waals surface area contributed by atoms with Crippen LogP contribution in [0.15, 0.2) is 24.3 Å². The molecule has 0 aromatic heterocycles. The fraction of sp³-hybridized carbons (Fsp3) is 0.588. The Hall–Kier alpha value is -1.55. The minimum atomic E-state index is -0.234.